The van der Waals surface area contributed by atoms with Crippen LogP contribution in [0.5, 0.6) is 0 Å². The van der Waals surface area contributed by atoms with Crippen molar-refractivity contribution in [3.63, 3.8) is 0 Å². The van der Waals surface area contributed by atoms with E-state index in [0.717, 1.165) is 44.1 Å². The fourth-order valence-electron chi connectivity index (χ4n) is 4.45. The lowest BCUT2D eigenvalue weighted by atomic mass is 9.88. The number of H-pyrrole nitrogens is 1. The van der Waals surface area contributed by atoms with E-state index in [9.17, 15) is 9.59 Å². The Morgan fingerprint density at radius 3 is 2.75 bits per heavy atom. The van der Waals surface area contributed by atoms with Gasteiger partial charge in [-0.25, -0.2) is 4.98 Å². The molecule has 1 amide bonds. The molecule has 1 N–H and O–H groups in total. The van der Waals surface area contributed by atoms with Crippen molar-refractivity contribution in [2.75, 3.05) is 4.90 Å². The number of hydrogen-bond acceptors (Lipinski definition) is 4. The molecule has 7 nitrogen and oxygen atoms in total. The molecule has 0 aliphatic heterocycles. The number of aromatic nitrogens is 4. The monoisotopic (exact) mass is 455 g/mol. The van der Waals surface area contributed by atoms with E-state index in [2.05, 4.69) is 22.0 Å². The minimum absolute atomic E-state index is 0.0275. The Morgan fingerprint density at radius 2 is 2.03 bits per heavy atom. The van der Waals surface area contributed by atoms with Crippen LogP contribution in [0.3, 0.4) is 0 Å². The number of fused-ring (bicyclic) bond motifs is 1. The van der Waals surface area contributed by atoms with Crippen LogP contribution in [0.25, 0.3) is 5.78 Å². The number of benzene rings is 1. The fraction of sp³-hybridized carbons (Fsp3) is 0.500. The average Bonchev–Trinajstić information content (AvgIpc) is 3.21. The van der Waals surface area contributed by atoms with Crippen LogP contribution in [-0.4, -0.2) is 25.5 Å². The lowest BCUT2D eigenvalue weighted by Crippen LogP contribution is -2.37. The molecule has 0 unspecified atom stereocenters. The van der Waals surface area contributed by atoms with Crippen molar-refractivity contribution >= 4 is 29.2 Å². The van der Waals surface area contributed by atoms with Crippen molar-refractivity contribution in [2.24, 2.45) is 5.92 Å². The number of carbonyl (C=O) groups excluding carboxylic acids is 1. The molecule has 2 heterocycles. The molecule has 4 rings (SSSR count). The number of rotatable bonds is 7. The van der Waals surface area contributed by atoms with Crippen molar-refractivity contribution in [3.8, 4) is 0 Å². The van der Waals surface area contributed by atoms with Gasteiger partial charge in [-0.3, -0.25) is 19.6 Å². The highest BCUT2D eigenvalue weighted by Gasteiger charge is 2.29. The molecule has 0 saturated heterocycles. The van der Waals surface area contributed by atoms with Crippen LogP contribution < -0.4 is 10.5 Å². The van der Waals surface area contributed by atoms with E-state index in [0.29, 0.717) is 35.2 Å². The van der Waals surface area contributed by atoms with Crippen LogP contribution >= 0.6 is 11.6 Å². The normalized spacial score (nSPS) is 14.7. The Bertz CT molecular complexity index is 1160. The molecule has 1 aliphatic carbocycles. The lowest BCUT2D eigenvalue weighted by Gasteiger charge is -2.27. The molecular weight excluding hydrogens is 426 g/mol. The Hall–Kier alpha value is -2.67. The van der Waals surface area contributed by atoms with Crippen molar-refractivity contribution < 1.29 is 4.79 Å². The number of aromatic amines is 1. The van der Waals surface area contributed by atoms with Crippen LogP contribution in [0, 0.1) is 12.8 Å². The summed E-state index contributed by atoms with van der Waals surface area (Å²) in [4.78, 5) is 37.4. The summed E-state index contributed by atoms with van der Waals surface area (Å²) in [6.45, 7) is 4.27. The third-order valence-corrected chi connectivity index (χ3v) is 6.50. The lowest BCUT2D eigenvalue weighted by molar-refractivity contribution is -0.123. The molecular formula is C24H30ClN5O2. The minimum Gasteiger partial charge on any atom is -0.276 e. The SMILES string of the molecule is CCCCc1c(C)nc2nc(N(Cc3cccc(Cl)c3)C(=O)C3CCCCC3)[nH]n2c1=O. The summed E-state index contributed by atoms with van der Waals surface area (Å²) in [6.07, 6.45) is 7.64. The van der Waals surface area contributed by atoms with Crippen LogP contribution in [0.1, 0.15) is 68.7 Å². The van der Waals surface area contributed by atoms with E-state index < -0.39 is 0 Å². The first-order valence-corrected chi connectivity index (χ1v) is 11.9. The predicted octanol–water partition coefficient (Wildman–Crippen LogP) is 4.84. The van der Waals surface area contributed by atoms with Crippen LogP contribution in [0.15, 0.2) is 29.1 Å². The predicted molar refractivity (Wildman–Crippen MR) is 126 cm³/mol. The van der Waals surface area contributed by atoms with Crippen molar-refractivity contribution in [1.29, 1.82) is 0 Å². The molecule has 0 radical (unpaired) electrons. The maximum atomic E-state index is 13.6. The van der Waals surface area contributed by atoms with E-state index in [4.69, 9.17) is 11.6 Å². The molecule has 170 valence electrons. The molecule has 0 bridgehead atoms. The highest BCUT2D eigenvalue weighted by atomic mass is 35.5. The maximum absolute atomic E-state index is 13.6. The van der Waals surface area contributed by atoms with Gasteiger partial charge < -0.3 is 0 Å². The molecule has 1 aliphatic rings. The van der Waals surface area contributed by atoms with Gasteiger partial charge >= 0.3 is 0 Å². The van der Waals surface area contributed by atoms with Gasteiger partial charge in [-0.05, 0) is 50.3 Å². The van der Waals surface area contributed by atoms with Gasteiger partial charge in [0.1, 0.15) is 0 Å². The Labute approximate surface area is 192 Å². The molecule has 1 fully saturated rings. The molecule has 32 heavy (non-hydrogen) atoms. The second kappa shape index (κ2) is 9.86. The van der Waals surface area contributed by atoms with Crippen molar-refractivity contribution in [2.45, 2.75) is 71.8 Å². The first kappa shape index (κ1) is 22.5. The topological polar surface area (TPSA) is 83.4 Å². The van der Waals surface area contributed by atoms with Gasteiger partial charge in [-0.15, -0.1) is 0 Å². The number of amides is 1. The highest BCUT2D eigenvalue weighted by molar-refractivity contribution is 6.30. The molecule has 3 aromatic rings. The Morgan fingerprint density at radius 1 is 1.25 bits per heavy atom. The minimum atomic E-state index is -0.146. The van der Waals surface area contributed by atoms with Crippen molar-refractivity contribution in [3.05, 3.63) is 56.5 Å². The molecule has 8 heteroatoms. The van der Waals surface area contributed by atoms with E-state index in [1.165, 1.54) is 10.9 Å². The van der Waals surface area contributed by atoms with Crippen LogP contribution in [0.2, 0.25) is 5.02 Å². The van der Waals surface area contributed by atoms with Crippen molar-refractivity contribution in [1.82, 2.24) is 19.6 Å². The number of nitrogens with zero attached hydrogens (tertiary/aromatic N) is 4. The zero-order valence-corrected chi connectivity index (χ0v) is 19.5. The summed E-state index contributed by atoms with van der Waals surface area (Å²) in [5.74, 6) is 0.620. The highest BCUT2D eigenvalue weighted by Crippen LogP contribution is 2.28. The molecule has 0 atom stereocenters. The number of unbranched alkanes of at least 4 members (excludes halogenated alkanes) is 1. The van der Waals surface area contributed by atoms with Gasteiger partial charge in [0, 0.05) is 16.5 Å². The standard InChI is InChI=1S/C24H30ClN5O2/c1-3-4-13-20-16(2)26-23-27-24(28-30(23)22(20)32)29(15-17-9-8-12-19(25)14-17)21(31)18-10-6-5-7-11-18/h8-9,12,14,18H,3-7,10-11,13,15H2,1-2H3,(H,26,27,28). The van der Waals surface area contributed by atoms with Gasteiger partial charge in [-0.1, -0.05) is 56.3 Å². The first-order chi connectivity index (χ1) is 15.5. The van der Waals surface area contributed by atoms with Gasteiger partial charge in [0.25, 0.3) is 11.3 Å². The zero-order chi connectivity index (χ0) is 22.7. The smallest absolute Gasteiger partial charge is 0.276 e. The second-order valence-electron chi connectivity index (χ2n) is 8.66. The number of aryl methyl sites for hydroxylation is 1. The quantitative estimate of drug-likeness (QED) is 0.552. The second-order valence-corrected chi connectivity index (χ2v) is 9.09. The Kier molecular flexibility index (Phi) is 6.94. The van der Waals surface area contributed by atoms with E-state index in [1.54, 1.807) is 4.90 Å². The third kappa shape index (κ3) is 4.72. The summed E-state index contributed by atoms with van der Waals surface area (Å²) in [5, 5.41) is 3.68. The van der Waals surface area contributed by atoms with Gasteiger partial charge in [0.15, 0.2) is 0 Å². The molecule has 1 aromatic carbocycles. The number of halogens is 1. The number of nitrogens with one attached hydrogen (secondary N) is 1. The van der Waals surface area contributed by atoms with E-state index in [-0.39, 0.29) is 23.2 Å². The van der Waals surface area contributed by atoms with Gasteiger partial charge in [0.2, 0.25) is 11.9 Å². The average molecular weight is 456 g/mol. The van der Waals surface area contributed by atoms with E-state index in [1.807, 2.05) is 31.2 Å². The first-order valence-electron chi connectivity index (χ1n) is 11.5. The van der Waals surface area contributed by atoms with Crippen LogP contribution in [0.4, 0.5) is 5.95 Å². The summed E-state index contributed by atoms with van der Waals surface area (Å²) < 4.78 is 1.37. The Balaban J connectivity index is 1.74. The molecule has 1 saturated carbocycles. The number of hydrogen-bond donors (Lipinski definition) is 1. The number of anilines is 1. The summed E-state index contributed by atoms with van der Waals surface area (Å²) in [7, 11) is 0. The number of carbonyl (C=O) groups is 1. The molecule has 2 aromatic heterocycles. The van der Waals surface area contributed by atoms with E-state index >= 15 is 0 Å². The summed E-state index contributed by atoms with van der Waals surface area (Å²) in [6, 6.07) is 7.47. The van der Waals surface area contributed by atoms with Gasteiger partial charge in [0.05, 0.1) is 12.2 Å². The third-order valence-electron chi connectivity index (χ3n) is 6.27. The fourth-order valence-corrected chi connectivity index (χ4v) is 4.66. The summed E-state index contributed by atoms with van der Waals surface area (Å²) >= 11 is 6.18. The summed E-state index contributed by atoms with van der Waals surface area (Å²) in [5.41, 5.74) is 2.15. The maximum Gasteiger partial charge on any atom is 0.277 e. The largest absolute Gasteiger partial charge is 0.277 e. The molecule has 0 spiro atoms. The zero-order valence-electron chi connectivity index (χ0n) is 18.7. The van der Waals surface area contributed by atoms with Gasteiger partial charge in [-0.2, -0.15) is 9.50 Å². The van der Waals surface area contributed by atoms with Crippen LogP contribution in [-0.2, 0) is 17.8 Å².